The summed E-state index contributed by atoms with van der Waals surface area (Å²) < 4.78 is 29.7. The number of hydrogen-bond acceptors (Lipinski definition) is 4. The van der Waals surface area contributed by atoms with Crippen LogP contribution < -0.4 is 10.0 Å². The van der Waals surface area contributed by atoms with Gasteiger partial charge in [0.1, 0.15) is 6.04 Å². The number of carbonyl (C=O) groups excluding carboxylic acids is 1. The van der Waals surface area contributed by atoms with E-state index < -0.39 is 22.0 Å². The van der Waals surface area contributed by atoms with Gasteiger partial charge >= 0.3 is 0 Å². The van der Waals surface area contributed by atoms with Crippen molar-refractivity contribution in [3.05, 3.63) is 72.4 Å². The molecule has 0 aliphatic heterocycles. The molecule has 0 fully saturated rings. The molecule has 0 aliphatic rings. The molecule has 0 radical (unpaired) electrons. The molecule has 0 aliphatic carbocycles. The molecule has 1 aromatic heterocycles. The number of aryl methyl sites for hydroxylation is 1. The van der Waals surface area contributed by atoms with Crippen LogP contribution >= 0.6 is 0 Å². The Hall–Kier alpha value is -2.97. The largest absolute Gasteiger partial charge is 0.308 e. The number of carbonyl (C=O) groups is 1. The Morgan fingerprint density at radius 1 is 1.03 bits per heavy atom. The predicted molar refractivity (Wildman–Crippen MR) is 117 cm³/mol. The summed E-state index contributed by atoms with van der Waals surface area (Å²) in [5.74, 6) is 0.0215. The molecular formula is C22H26N4O3S. The summed E-state index contributed by atoms with van der Waals surface area (Å²) in [5.41, 5.74) is 1.82. The number of amides is 1. The second-order valence-corrected chi connectivity index (χ2v) is 9.30. The van der Waals surface area contributed by atoms with Crippen LogP contribution in [-0.2, 0) is 14.8 Å². The highest BCUT2D eigenvalue weighted by atomic mass is 32.2. The average Bonchev–Trinajstić information content (AvgIpc) is 3.16. The SMILES string of the molecule is Cc1ccc(S(=O)(=O)NC(CC(C)C)C(=O)Nc2ccn(-c3ccccc3)n2)cc1. The summed E-state index contributed by atoms with van der Waals surface area (Å²) in [6.45, 7) is 5.75. The van der Waals surface area contributed by atoms with E-state index in [2.05, 4.69) is 15.1 Å². The van der Waals surface area contributed by atoms with Crippen molar-refractivity contribution in [2.24, 2.45) is 5.92 Å². The molecule has 0 spiro atoms. The summed E-state index contributed by atoms with van der Waals surface area (Å²) in [7, 11) is -3.83. The molecule has 158 valence electrons. The Kier molecular flexibility index (Phi) is 6.69. The van der Waals surface area contributed by atoms with Crippen LogP contribution in [0, 0.1) is 12.8 Å². The molecule has 3 rings (SSSR count). The number of nitrogens with zero attached hydrogens (tertiary/aromatic N) is 2. The fourth-order valence-electron chi connectivity index (χ4n) is 2.98. The summed E-state index contributed by atoms with van der Waals surface area (Å²) in [5, 5.41) is 7.08. The lowest BCUT2D eigenvalue weighted by atomic mass is 10.0. The van der Waals surface area contributed by atoms with E-state index in [1.54, 1.807) is 29.1 Å². The lowest BCUT2D eigenvalue weighted by Crippen LogP contribution is -2.44. The summed E-state index contributed by atoms with van der Waals surface area (Å²) >= 11 is 0. The average molecular weight is 427 g/mol. The van der Waals surface area contributed by atoms with Crippen molar-refractivity contribution in [3.63, 3.8) is 0 Å². The first-order valence-electron chi connectivity index (χ1n) is 9.75. The number of para-hydroxylation sites is 1. The van der Waals surface area contributed by atoms with Gasteiger partial charge < -0.3 is 5.32 Å². The van der Waals surface area contributed by atoms with E-state index in [4.69, 9.17) is 0 Å². The van der Waals surface area contributed by atoms with E-state index >= 15 is 0 Å². The third-order valence-electron chi connectivity index (χ3n) is 4.51. The van der Waals surface area contributed by atoms with Crippen LogP contribution in [0.5, 0.6) is 0 Å². The lowest BCUT2D eigenvalue weighted by Gasteiger charge is -2.19. The van der Waals surface area contributed by atoms with Gasteiger partial charge in [-0.25, -0.2) is 13.1 Å². The molecule has 2 aromatic carbocycles. The van der Waals surface area contributed by atoms with Crippen LogP contribution in [0.2, 0.25) is 0 Å². The van der Waals surface area contributed by atoms with E-state index in [0.717, 1.165) is 11.3 Å². The number of rotatable bonds is 8. The number of nitrogens with one attached hydrogen (secondary N) is 2. The van der Waals surface area contributed by atoms with E-state index in [-0.39, 0.29) is 10.8 Å². The Balaban J connectivity index is 1.76. The Labute approximate surface area is 177 Å². The van der Waals surface area contributed by atoms with E-state index in [9.17, 15) is 13.2 Å². The Morgan fingerprint density at radius 3 is 2.33 bits per heavy atom. The van der Waals surface area contributed by atoms with Gasteiger partial charge in [0.15, 0.2) is 5.82 Å². The van der Waals surface area contributed by atoms with E-state index in [1.807, 2.05) is 51.1 Å². The molecule has 0 saturated carbocycles. The normalized spacial score (nSPS) is 12.7. The molecule has 1 unspecified atom stereocenters. The fraction of sp³-hybridized carbons (Fsp3) is 0.273. The number of aromatic nitrogens is 2. The number of sulfonamides is 1. The van der Waals surface area contributed by atoms with Crippen molar-refractivity contribution in [1.29, 1.82) is 0 Å². The van der Waals surface area contributed by atoms with Crippen molar-refractivity contribution in [2.75, 3.05) is 5.32 Å². The van der Waals surface area contributed by atoms with Crippen LogP contribution in [0.15, 0.2) is 71.8 Å². The first-order valence-corrected chi connectivity index (χ1v) is 11.2. The maximum absolute atomic E-state index is 12.9. The second-order valence-electron chi connectivity index (χ2n) is 7.59. The van der Waals surface area contributed by atoms with Gasteiger partial charge in [-0.2, -0.15) is 9.82 Å². The highest BCUT2D eigenvalue weighted by Crippen LogP contribution is 2.15. The van der Waals surface area contributed by atoms with Crippen LogP contribution in [-0.4, -0.2) is 30.1 Å². The molecule has 1 heterocycles. The first kappa shape index (κ1) is 21.7. The van der Waals surface area contributed by atoms with Gasteiger partial charge in [0.05, 0.1) is 10.6 Å². The monoisotopic (exact) mass is 426 g/mol. The van der Waals surface area contributed by atoms with Crippen molar-refractivity contribution in [1.82, 2.24) is 14.5 Å². The first-order chi connectivity index (χ1) is 14.2. The predicted octanol–water partition coefficient (Wildman–Crippen LogP) is 3.51. The zero-order chi connectivity index (χ0) is 21.7. The zero-order valence-corrected chi connectivity index (χ0v) is 18.1. The quantitative estimate of drug-likeness (QED) is 0.576. The van der Waals surface area contributed by atoms with E-state index in [0.29, 0.717) is 12.2 Å². The topological polar surface area (TPSA) is 93.1 Å². The highest BCUT2D eigenvalue weighted by Gasteiger charge is 2.27. The molecule has 7 nitrogen and oxygen atoms in total. The molecule has 1 atom stereocenters. The molecule has 30 heavy (non-hydrogen) atoms. The van der Waals surface area contributed by atoms with Gasteiger partial charge in [-0.15, -0.1) is 0 Å². The second kappa shape index (κ2) is 9.23. The molecule has 8 heteroatoms. The highest BCUT2D eigenvalue weighted by molar-refractivity contribution is 7.89. The number of hydrogen-bond donors (Lipinski definition) is 2. The minimum Gasteiger partial charge on any atom is -0.308 e. The van der Waals surface area contributed by atoms with Crippen molar-refractivity contribution in [3.8, 4) is 5.69 Å². The van der Waals surface area contributed by atoms with Crippen LogP contribution in [0.1, 0.15) is 25.8 Å². The van der Waals surface area contributed by atoms with Gasteiger partial charge in [-0.3, -0.25) is 4.79 Å². The summed E-state index contributed by atoms with van der Waals surface area (Å²) in [6.07, 6.45) is 2.09. The number of anilines is 1. The Bertz CT molecular complexity index is 1090. The minimum absolute atomic E-state index is 0.114. The lowest BCUT2D eigenvalue weighted by molar-refractivity contribution is -0.118. The Morgan fingerprint density at radius 2 is 1.70 bits per heavy atom. The van der Waals surface area contributed by atoms with Crippen molar-refractivity contribution >= 4 is 21.7 Å². The van der Waals surface area contributed by atoms with E-state index in [1.165, 1.54) is 12.1 Å². The molecule has 2 N–H and O–H groups in total. The van der Waals surface area contributed by atoms with Crippen LogP contribution in [0.3, 0.4) is 0 Å². The molecule has 3 aromatic rings. The molecule has 1 amide bonds. The standard InChI is InChI=1S/C22H26N4O3S/c1-16(2)15-20(25-30(28,29)19-11-9-17(3)10-12-19)22(27)23-21-13-14-26(24-21)18-7-5-4-6-8-18/h4-14,16,20,25H,15H2,1-3H3,(H,23,24,27). The smallest absolute Gasteiger partial charge is 0.243 e. The van der Waals surface area contributed by atoms with Gasteiger partial charge in [0.2, 0.25) is 15.9 Å². The fourth-order valence-corrected chi connectivity index (χ4v) is 4.19. The van der Waals surface area contributed by atoms with Crippen LogP contribution in [0.25, 0.3) is 5.69 Å². The maximum Gasteiger partial charge on any atom is 0.243 e. The molecule has 0 bridgehead atoms. The van der Waals surface area contributed by atoms with Gasteiger partial charge in [0, 0.05) is 12.3 Å². The summed E-state index contributed by atoms with van der Waals surface area (Å²) in [6, 6.07) is 16.8. The van der Waals surface area contributed by atoms with Gasteiger partial charge in [0.25, 0.3) is 0 Å². The third-order valence-corrected chi connectivity index (χ3v) is 6.00. The minimum atomic E-state index is -3.83. The third kappa shape index (κ3) is 5.55. The van der Waals surface area contributed by atoms with Crippen LogP contribution in [0.4, 0.5) is 5.82 Å². The van der Waals surface area contributed by atoms with Gasteiger partial charge in [-0.05, 0) is 43.5 Å². The summed E-state index contributed by atoms with van der Waals surface area (Å²) in [4.78, 5) is 13.0. The number of benzene rings is 2. The van der Waals surface area contributed by atoms with Crippen molar-refractivity contribution in [2.45, 2.75) is 38.1 Å². The zero-order valence-electron chi connectivity index (χ0n) is 17.2. The van der Waals surface area contributed by atoms with Gasteiger partial charge in [-0.1, -0.05) is 49.7 Å². The molecule has 0 saturated heterocycles. The maximum atomic E-state index is 12.9. The van der Waals surface area contributed by atoms with Crippen molar-refractivity contribution < 1.29 is 13.2 Å². The molecular weight excluding hydrogens is 400 g/mol.